The SMILES string of the molecule is CCC1CCC(NC(=O)c2ccc(C)c(C)c2)CC1. The first-order valence-electron chi connectivity index (χ1n) is 7.48. The van der Waals surface area contributed by atoms with Crippen LogP contribution in [-0.4, -0.2) is 11.9 Å². The fraction of sp³-hybridized carbons (Fsp3) is 0.588. The van der Waals surface area contributed by atoms with E-state index in [2.05, 4.69) is 26.1 Å². The van der Waals surface area contributed by atoms with E-state index in [9.17, 15) is 4.79 Å². The van der Waals surface area contributed by atoms with Gasteiger partial charge in [-0.2, -0.15) is 0 Å². The molecule has 1 N–H and O–H groups in total. The largest absolute Gasteiger partial charge is 0.349 e. The van der Waals surface area contributed by atoms with Crippen molar-refractivity contribution in [3.63, 3.8) is 0 Å². The van der Waals surface area contributed by atoms with Crippen molar-refractivity contribution in [3.05, 3.63) is 34.9 Å². The molecule has 1 fully saturated rings. The van der Waals surface area contributed by atoms with E-state index in [0.717, 1.165) is 24.3 Å². The Balaban J connectivity index is 1.92. The van der Waals surface area contributed by atoms with Gasteiger partial charge in [0.15, 0.2) is 0 Å². The van der Waals surface area contributed by atoms with Gasteiger partial charge in [0.05, 0.1) is 0 Å². The highest BCUT2D eigenvalue weighted by Crippen LogP contribution is 2.26. The summed E-state index contributed by atoms with van der Waals surface area (Å²) < 4.78 is 0. The molecular formula is C17H25NO. The average Bonchev–Trinajstić information content (AvgIpc) is 2.42. The fourth-order valence-corrected chi connectivity index (χ4v) is 2.87. The molecule has 1 aliphatic carbocycles. The van der Waals surface area contributed by atoms with Crippen LogP contribution < -0.4 is 5.32 Å². The Morgan fingerprint density at radius 2 is 1.84 bits per heavy atom. The number of nitrogens with one attached hydrogen (secondary N) is 1. The molecule has 0 spiro atoms. The number of aryl methyl sites for hydroxylation is 2. The molecule has 0 heterocycles. The summed E-state index contributed by atoms with van der Waals surface area (Å²) in [6.07, 6.45) is 6.06. The lowest BCUT2D eigenvalue weighted by Gasteiger charge is -2.28. The number of rotatable bonds is 3. The molecule has 1 aromatic rings. The quantitative estimate of drug-likeness (QED) is 0.873. The van der Waals surface area contributed by atoms with Crippen molar-refractivity contribution in [2.24, 2.45) is 5.92 Å². The van der Waals surface area contributed by atoms with Crippen molar-refractivity contribution in [1.29, 1.82) is 0 Å². The van der Waals surface area contributed by atoms with Crippen LogP contribution in [0.5, 0.6) is 0 Å². The third-order valence-electron chi connectivity index (χ3n) is 4.53. The van der Waals surface area contributed by atoms with Gasteiger partial charge in [0.25, 0.3) is 5.91 Å². The Bertz CT molecular complexity index is 445. The summed E-state index contributed by atoms with van der Waals surface area (Å²) >= 11 is 0. The maximum atomic E-state index is 12.2. The lowest BCUT2D eigenvalue weighted by molar-refractivity contribution is 0.0921. The number of carbonyl (C=O) groups excluding carboxylic acids is 1. The van der Waals surface area contributed by atoms with Gasteiger partial charge in [-0.3, -0.25) is 4.79 Å². The predicted molar refractivity (Wildman–Crippen MR) is 79.4 cm³/mol. The minimum Gasteiger partial charge on any atom is -0.349 e. The summed E-state index contributed by atoms with van der Waals surface area (Å²) in [5.74, 6) is 0.956. The van der Waals surface area contributed by atoms with E-state index in [4.69, 9.17) is 0 Å². The summed E-state index contributed by atoms with van der Waals surface area (Å²) in [7, 11) is 0. The van der Waals surface area contributed by atoms with Gasteiger partial charge >= 0.3 is 0 Å². The van der Waals surface area contributed by atoms with Gasteiger partial charge in [0.2, 0.25) is 0 Å². The first-order valence-corrected chi connectivity index (χ1v) is 7.48. The second-order valence-corrected chi connectivity index (χ2v) is 5.90. The van der Waals surface area contributed by atoms with Crippen molar-refractivity contribution >= 4 is 5.91 Å². The molecule has 1 saturated carbocycles. The van der Waals surface area contributed by atoms with Crippen molar-refractivity contribution in [2.45, 2.75) is 58.9 Å². The van der Waals surface area contributed by atoms with Crippen molar-refractivity contribution in [1.82, 2.24) is 5.32 Å². The Kier molecular flexibility index (Phi) is 4.62. The van der Waals surface area contributed by atoms with E-state index in [-0.39, 0.29) is 5.91 Å². The van der Waals surface area contributed by atoms with Gasteiger partial charge in [-0.05, 0) is 68.7 Å². The third-order valence-corrected chi connectivity index (χ3v) is 4.53. The molecule has 1 aromatic carbocycles. The van der Waals surface area contributed by atoms with Crippen LogP contribution in [-0.2, 0) is 0 Å². The van der Waals surface area contributed by atoms with Gasteiger partial charge in [-0.1, -0.05) is 19.4 Å². The summed E-state index contributed by atoms with van der Waals surface area (Å²) in [6, 6.07) is 6.31. The lowest BCUT2D eigenvalue weighted by Crippen LogP contribution is -2.37. The first-order chi connectivity index (χ1) is 9.10. The van der Waals surface area contributed by atoms with Crippen LogP contribution in [0.2, 0.25) is 0 Å². The van der Waals surface area contributed by atoms with Crippen LogP contribution in [0.4, 0.5) is 0 Å². The van der Waals surface area contributed by atoms with Gasteiger partial charge < -0.3 is 5.32 Å². The molecule has 1 aliphatic rings. The zero-order valence-corrected chi connectivity index (χ0v) is 12.3. The Morgan fingerprint density at radius 1 is 1.16 bits per heavy atom. The molecule has 19 heavy (non-hydrogen) atoms. The minimum absolute atomic E-state index is 0.0862. The average molecular weight is 259 g/mol. The van der Waals surface area contributed by atoms with Crippen LogP contribution in [0.15, 0.2) is 18.2 Å². The maximum Gasteiger partial charge on any atom is 0.251 e. The molecular weight excluding hydrogens is 234 g/mol. The highest BCUT2D eigenvalue weighted by atomic mass is 16.1. The molecule has 2 nitrogen and oxygen atoms in total. The summed E-state index contributed by atoms with van der Waals surface area (Å²) in [6.45, 7) is 6.39. The highest BCUT2D eigenvalue weighted by molar-refractivity contribution is 5.94. The van der Waals surface area contributed by atoms with Gasteiger partial charge in [-0.15, -0.1) is 0 Å². The number of carbonyl (C=O) groups is 1. The molecule has 0 aromatic heterocycles. The van der Waals surface area contributed by atoms with E-state index >= 15 is 0 Å². The Hall–Kier alpha value is -1.31. The molecule has 1 amide bonds. The molecule has 0 unspecified atom stereocenters. The normalized spacial score (nSPS) is 23.1. The van der Waals surface area contributed by atoms with E-state index in [0.29, 0.717) is 6.04 Å². The van der Waals surface area contributed by atoms with Gasteiger partial charge in [0.1, 0.15) is 0 Å². The number of amides is 1. The molecule has 104 valence electrons. The predicted octanol–water partition coefficient (Wildman–Crippen LogP) is 4.00. The molecule has 0 saturated heterocycles. The van der Waals surface area contributed by atoms with Crippen molar-refractivity contribution in [3.8, 4) is 0 Å². The van der Waals surface area contributed by atoms with E-state index in [1.807, 2.05) is 18.2 Å². The van der Waals surface area contributed by atoms with Crippen LogP contribution in [0, 0.1) is 19.8 Å². The second-order valence-electron chi connectivity index (χ2n) is 5.90. The fourth-order valence-electron chi connectivity index (χ4n) is 2.87. The van der Waals surface area contributed by atoms with Crippen molar-refractivity contribution < 1.29 is 4.79 Å². The van der Waals surface area contributed by atoms with Crippen LogP contribution in [0.1, 0.15) is 60.5 Å². The molecule has 0 aliphatic heterocycles. The molecule has 0 bridgehead atoms. The van der Waals surface area contributed by atoms with Crippen LogP contribution >= 0.6 is 0 Å². The lowest BCUT2D eigenvalue weighted by atomic mass is 9.84. The van der Waals surface area contributed by atoms with Crippen LogP contribution in [0.25, 0.3) is 0 Å². The smallest absolute Gasteiger partial charge is 0.251 e. The van der Waals surface area contributed by atoms with E-state index in [1.54, 1.807) is 0 Å². The molecule has 2 heteroatoms. The summed E-state index contributed by atoms with van der Waals surface area (Å²) in [5, 5.41) is 3.19. The first kappa shape index (κ1) is 14.1. The number of hydrogen-bond donors (Lipinski definition) is 1. The standard InChI is InChI=1S/C17H25NO/c1-4-14-6-9-16(10-7-14)18-17(19)15-8-5-12(2)13(3)11-15/h5,8,11,14,16H,4,6-7,9-10H2,1-3H3,(H,18,19). The van der Waals surface area contributed by atoms with Crippen LogP contribution in [0.3, 0.4) is 0 Å². The third kappa shape index (κ3) is 3.59. The molecule has 0 radical (unpaired) electrons. The Morgan fingerprint density at radius 3 is 2.42 bits per heavy atom. The van der Waals surface area contributed by atoms with Gasteiger partial charge in [-0.25, -0.2) is 0 Å². The highest BCUT2D eigenvalue weighted by Gasteiger charge is 2.21. The zero-order chi connectivity index (χ0) is 13.8. The minimum atomic E-state index is 0.0862. The molecule has 2 rings (SSSR count). The monoisotopic (exact) mass is 259 g/mol. The van der Waals surface area contributed by atoms with Crippen molar-refractivity contribution in [2.75, 3.05) is 0 Å². The molecule has 0 atom stereocenters. The topological polar surface area (TPSA) is 29.1 Å². The summed E-state index contributed by atoms with van der Waals surface area (Å²) in [5.41, 5.74) is 3.21. The van der Waals surface area contributed by atoms with E-state index < -0.39 is 0 Å². The second kappa shape index (κ2) is 6.23. The van der Waals surface area contributed by atoms with Gasteiger partial charge in [0, 0.05) is 11.6 Å². The number of benzene rings is 1. The zero-order valence-electron chi connectivity index (χ0n) is 12.3. The number of hydrogen-bond acceptors (Lipinski definition) is 1. The van der Waals surface area contributed by atoms with E-state index in [1.165, 1.54) is 30.4 Å². The summed E-state index contributed by atoms with van der Waals surface area (Å²) in [4.78, 5) is 12.2. The Labute approximate surface area is 116 Å². The maximum absolute atomic E-state index is 12.2.